The van der Waals surface area contributed by atoms with Crippen molar-refractivity contribution in [2.45, 2.75) is 51.1 Å². The van der Waals surface area contributed by atoms with Gasteiger partial charge < -0.3 is 10.6 Å². The molecule has 18 heavy (non-hydrogen) atoms. The van der Waals surface area contributed by atoms with Crippen LogP contribution in [-0.4, -0.2) is 17.6 Å². The number of aromatic nitrogens is 1. The average Bonchev–Trinajstić information content (AvgIpc) is 3.09. The van der Waals surface area contributed by atoms with Crippen LogP contribution in [0.2, 0.25) is 0 Å². The van der Waals surface area contributed by atoms with Crippen LogP contribution < -0.4 is 10.6 Å². The molecule has 98 valence electrons. The molecule has 1 aromatic rings. The summed E-state index contributed by atoms with van der Waals surface area (Å²) in [4.78, 5) is 6.91. The second-order valence-corrected chi connectivity index (χ2v) is 5.66. The van der Waals surface area contributed by atoms with Gasteiger partial charge in [-0.3, -0.25) is 4.98 Å². The predicted octanol–water partition coefficient (Wildman–Crippen LogP) is 2.70. The van der Waals surface area contributed by atoms with Crippen molar-refractivity contribution in [1.82, 2.24) is 4.98 Å². The minimum Gasteiger partial charge on any atom is -0.368 e. The summed E-state index contributed by atoms with van der Waals surface area (Å²) in [6.45, 7) is 1.74. The minimum atomic E-state index is 0.537. The molecule has 1 aliphatic heterocycles. The van der Waals surface area contributed by atoms with Gasteiger partial charge in [-0.2, -0.15) is 0 Å². The Labute approximate surface area is 109 Å². The maximum absolute atomic E-state index is 5.69. The van der Waals surface area contributed by atoms with Gasteiger partial charge in [0.1, 0.15) is 0 Å². The van der Waals surface area contributed by atoms with Crippen LogP contribution in [0.15, 0.2) is 18.3 Å². The molecule has 0 spiro atoms. The zero-order valence-electron chi connectivity index (χ0n) is 11.0. The van der Waals surface area contributed by atoms with E-state index in [-0.39, 0.29) is 0 Å². The molecule has 3 rings (SSSR count). The highest BCUT2D eigenvalue weighted by atomic mass is 15.2. The van der Waals surface area contributed by atoms with Gasteiger partial charge in [0.25, 0.3) is 0 Å². The molecule has 2 fully saturated rings. The number of pyridine rings is 1. The van der Waals surface area contributed by atoms with Gasteiger partial charge in [0.2, 0.25) is 0 Å². The van der Waals surface area contributed by atoms with Crippen LogP contribution >= 0.6 is 0 Å². The highest BCUT2D eigenvalue weighted by Gasteiger charge is 2.33. The Morgan fingerprint density at radius 1 is 1.22 bits per heavy atom. The third-order valence-corrected chi connectivity index (χ3v) is 4.58. The first-order chi connectivity index (χ1) is 8.88. The first-order valence-electron chi connectivity index (χ1n) is 7.30. The zero-order chi connectivity index (χ0) is 12.4. The summed E-state index contributed by atoms with van der Waals surface area (Å²) in [5.74, 6) is 0.919. The topological polar surface area (TPSA) is 42.1 Å². The van der Waals surface area contributed by atoms with Crippen molar-refractivity contribution in [2.24, 2.45) is 11.7 Å². The SMILES string of the molecule is NCc1cc(N2CCCC2C2CCCC2)ccn1. The largest absolute Gasteiger partial charge is 0.368 e. The van der Waals surface area contributed by atoms with Crippen molar-refractivity contribution in [1.29, 1.82) is 0 Å². The lowest BCUT2D eigenvalue weighted by atomic mass is 9.96. The summed E-state index contributed by atoms with van der Waals surface area (Å²) in [5.41, 5.74) is 8.03. The molecule has 0 amide bonds. The van der Waals surface area contributed by atoms with Crippen LogP contribution in [-0.2, 0) is 6.54 Å². The molecule has 0 aromatic carbocycles. The van der Waals surface area contributed by atoms with Crippen LogP contribution in [0.5, 0.6) is 0 Å². The third-order valence-electron chi connectivity index (χ3n) is 4.58. The van der Waals surface area contributed by atoms with E-state index in [1.54, 1.807) is 0 Å². The first kappa shape index (κ1) is 12.0. The molecule has 2 heterocycles. The molecular weight excluding hydrogens is 222 g/mol. The Hall–Kier alpha value is -1.09. The number of rotatable bonds is 3. The number of anilines is 1. The monoisotopic (exact) mass is 245 g/mol. The summed E-state index contributed by atoms with van der Waals surface area (Å²) >= 11 is 0. The molecule has 0 bridgehead atoms. The van der Waals surface area contributed by atoms with E-state index in [1.165, 1.54) is 50.8 Å². The highest BCUT2D eigenvalue weighted by Crippen LogP contribution is 2.37. The van der Waals surface area contributed by atoms with E-state index in [0.717, 1.165) is 17.7 Å². The standard InChI is InChI=1S/C15H23N3/c16-11-13-10-14(7-8-17-13)18-9-3-6-15(18)12-4-1-2-5-12/h7-8,10,12,15H,1-6,9,11,16H2. The van der Waals surface area contributed by atoms with Crippen LogP contribution in [0.25, 0.3) is 0 Å². The summed E-state index contributed by atoms with van der Waals surface area (Å²) < 4.78 is 0. The second kappa shape index (κ2) is 5.27. The van der Waals surface area contributed by atoms with Gasteiger partial charge in [0.15, 0.2) is 0 Å². The molecule has 1 atom stereocenters. The van der Waals surface area contributed by atoms with Crippen molar-refractivity contribution in [3.63, 3.8) is 0 Å². The van der Waals surface area contributed by atoms with E-state index in [9.17, 15) is 0 Å². The van der Waals surface area contributed by atoms with Gasteiger partial charge in [0.05, 0.1) is 5.69 Å². The van der Waals surface area contributed by atoms with Crippen molar-refractivity contribution in [3.05, 3.63) is 24.0 Å². The Kier molecular flexibility index (Phi) is 3.50. The predicted molar refractivity (Wildman–Crippen MR) is 74.5 cm³/mol. The van der Waals surface area contributed by atoms with Gasteiger partial charge in [-0.1, -0.05) is 12.8 Å². The van der Waals surface area contributed by atoms with Crippen molar-refractivity contribution >= 4 is 5.69 Å². The molecule has 3 nitrogen and oxygen atoms in total. The lowest BCUT2D eigenvalue weighted by Gasteiger charge is -2.31. The van der Waals surface area contributed by atoms with E-state index in [4.69, 9.17) is 5.73 Å². The van der Waals surface area contributed by atoms with E-state index >= 15 is 0 Å². The molecule has 0 radical (unpaired) electrons. The fourth-order valence-electron chi connectivity index (χ4n) is 3.70. The number of hydrogen-bond donors (Lipinski definition) is 1. The van der Waals surface area contributed by atoms with Crippen molar-refractivity contribution in [3.8, 4) is 0 Å². The normalized spacial score (nSPS) is 24.9. The maximum Gasteiger partial charge on any atom is 0.0560 e. The van der Waals surface area contributed by atoms with Crippen LogP contribution in [0.3, 0.4) is 0 Å². The Morgan fingerprint density at radius 3 is 2.83 bits per heavy atom. The number of nitrogens with two attached hydrogens (primary N) is 1. The maximum atomic E-state index is 5.69. The molecule has 1 unspecified atom stereocenters. The molecule has 1 saturated heterocycles. The lowest BCUT2D eigenvalue weighted by molar-refractivity contribution is 0.430. The Bertz CT molecular complexity index is 398. The van der Waals surface area contributed by atoms with E-state index in [0.29, 0.717) is 6.54 Å². The molecule has 2 aliphatic rings. The number of hydrogen-bond acceptors (Lipinski definition) is 3. The van der Waals surface area contributed by atoms with Gasteiger partial charge >= 0.3 is 0 Å². The van der Waals surface area contributed by atoms with Gasteiger partial charge in [-0.25, -0.2) is 0 Å². The Morgan fingerprint density at radius 2 is 2.06 bits per heavy atom. The van der Waals surface area contributed by atoms with Gasteiger partial charge in [0, 0.05) is 31.0 Å². The average molecular weight is 245 g/mol. The minimum absolute atomic E-state index is 0.537. The fraction of sp³-hybridized carbons (Fsp3) is 0.667. The molecule has 1 saturated carbocycles. The summed E-state index contributed by atoms with van der Waals surface area (Å²) in [6, 6.07) is 5.08. The highest BCUT2D eigenvalue weighted by molar-refractivity contribution is 5.48. The van der Waals surface area contributed by atoms with Crippen LogP contribution in [0, 0.1) is 5.92 Å². The third kappa shape index (κ3) is 2.24. The molecule has 1 aliphatic carbocycles. The van der Waals surface area contributed by atoms with Crippen molar-refractivity contribution in [2.75, 3.05) is 11.4 Å². The molecule has 3 heteroatoms. The van der Waals surface area contributed by atoms with E-state index < -0.39 is 0 Å². The Balaban J connectivity index is 1.80. The molecular formula is C15H23N3. The summed E-state index contributed by atoms with van der Waals surface area (Å²) in [6.07, 6.45) is 10.3. The first-order valence-corrected chi connectivity index (χ1v) is 7.30. The van der Waals surface area contributed by atoms with Gasteiger partial charge in [-0.15, -0.1) is 0 Å². The van der Waals surface area contributed by atoms with Crippen LogP contribution in [0.4, 0.5) is 5.69 Å². The van der Waals surface area contributed by atoms with Gasteiger partial charge in [-0.05, 0) is 43.7 Å². The van der Waals surface area contributed by atoms with E-state index in [2.05, 4.69) is 22.0 Å². The second-order valence-electron chi connectivity index (χ2n) is 5.66. The summed E-state index contributed by atoms with van der Waals surface area (Å²) in [5, 5.41) is 0. The smallest absolute Gasteiger partial charge is 0.0560 e. The van der Waals surface area contributed by atoms with E-state index in [1.807, 2.05) is 6.20 Å². The summed E-state index contributed by atoms with van der Waals surface area (Å²) in [7, 11) is 0. The molecule has 2 N–H and O–H groups in total. The lowest BCUT2D eigenvalue weighted by Crippen LogP contribution is -2.34. The zero-order valence-corrected chi connectivity index (χ0v) is 11.0. The number of nitrogens with zero attached hydrogens (tertiary/aromatic N) is 2. The van der Waals surface area contributed by atoms with Crippen molar-refractivity contribution < 1.29 is 0 Å². The van der Waals surface area contributed by atoms with Crippen LogP contribution in [0.1, 0.15) is 44.2 Å². The quantitative estimate of drug-likeness (QED) is 0.890. The molecule has 1 aromatic heterocycles. The fourth-order valence-corrected chi connectivity index (χ4v) is 3.70.